The molecule has 2 N–H and O–H groups in total. The van der Waals surface area contributed by atoms with Crippen molar-refractivity contribution < 1.29 is 19.1 Å². The number of nitrogens with one attached hydrogen (secondary N) is 2. The molecule has 0 aliphatic heterocycles. The van der Waals surface area contributed by atoms with Gasteiger partial charge < -0.3 is 15.4 Å². The van der Waals surface area contributed by atoms with Crippen molar-refractivity contribution in [3.8, 4) is 0 Å². The van der Waals surface area contributed by atoms with Crippen molar-refractivity contribution in [1.82, 2.24) is 9.55 Å². The van der Waals surface area contributed by atoms with E-state index in [0.29, 0.717) is 39.9 Å². The van der Waals surface area contributed by atoms with E-state index in [-0.39, 0.29) is 17.2 Å². The van der Waals surface area contributed by atoms with Crippen LogP contribution in [0.1, 0.15) is 34.1 Å². The second-order valence-corrected chi connectivity index (χ2v) is 9.66. The summed E-state index contributed by atoms with van der Waals surface area (Å²) in [4.78, 5) is 53.7. The number of thioether (sulfide) groups is 1. The molecule has 1 aromatic heterocycles. The van der Waals surface area contributed by atoms with Crippen molar-refractivity contribution in [3.63, 3.8) is 0 Å². The van der Waals surface area contributed by atoms with Gasteiger partial charge in [-0.15, -0.1) is 0 Å². The van der Waals surface area contributed by atoms with Gasteiger partial charge in [-0.3, -0.25) is 23.7 Å². The fraction of sp³-hybridized carbons (Fsp3) is 0.346. The lowest BCUT2D eigenvalue weighted by Crippen LogP contribution is -2.30. The maximum atomic E-state index is 13.0. The van der Waals surface area contributed by atoms with Gasteiger partial charge in [-0.2, -0.15) is 0 Å². The first-order valence-corrected chi connectivity index (χ1v) is 12.6. The van der Waals surface area contributed by atoms with E-state index in [1.54, 1.807) is 47.0 Å². The number of aromatic nitrogens is 2. The lowest BCUT2D eigenvalue weighted by Gasteiger charge is -2.15. The molecule has 0 radical (unpaired) electrons. The second kappa shape index (κ2) is 12.3. The first-order valence-electron chi connectivity index (χ1n) is 11.6. The van der Waals surface area contributed by atoms with E-state index in [1.807, 2.05) is 6.07 Å². The number of rotatable bonds is 10. The van der Waals surface area contributed by atoms with Gasteiger partial charge in [-0.1, -0.05) is 37.7 Å². The molecule has 0 bridgehead atoms. The van der Waals surface area contributed by atoms with Crippen LogP contribution in [0.2, 0.25) is 0 Å². The molecule has 1 atom stereocenters. The lowest BCUT2D eigenvalue weighted by molar-refractivity contribution is -0.150. The summed E-state index contributed by atoms with van der Waals surface area (Å²) in [6, 6.07) is 13.7. The number of amides is 2. The summed E-state index contributed by atoms with van der Waals surface area (Å²) in [5, 5.41) is 6.28. The van der Waals surface area contributed by atoms with E-state index in [4.69, 9.17) is 4.74 Å². The van der Waals surface area contributed by atoms with Gasteiger partial charge in [0.25, 0.3) is 11.5 Å². The Morgan fingerprint density at radius 3 is 2.28 bits per heavy atom. The van der Waals surface area contributed by atoms with Crippen molar-refractivity contribution in [2.45, 2.75) is 51.9 Å². The summed E-state index contributed by atoms with van der Waals surface area (Å²) in [6.07, 6.45) is -0.234. The quantitative estimate of drug-likeness (QED) is 0.240. The average Bonchev–Trinajstić information content (AvgIpc) is 2.83. The number of anilines is 2. The van der Waals surface area contributed by atoms with Crippen LogP contribution in [0, 0.1) is 5.92 Å². The van der Waals surface area contributed by atoms with Crippen LogP contribution < -0.4 is 16.2 Å². The summed E-state index contributed by atoms with van der Waals surface area (Å²) in [6.45, 7) is 7.54. The molecule has 1 heterocycles. The number of benzene rings is 2. The van der Waals surface area contributed by atoms with E-state index < -0.39 is 18.0 Å². The third-order valence-corrected chi connectivity index (χ3v) is 6.18. The fourth-order valence-electron chi connectivity index (χ4n) is 3.33. The van der Waals surface area contributed by atoms with Crippen LogP contribution in [0.25, 0.3) is 10.9 Å². The topological polar surface area (TPSA) is 119 Å². The Bertz CT molecular complexity index is 1300. The van der Waals surface area contributed by atoms with Gasteiger partial charge in [0.2, 0.25) is 5.91 Å². The van der Waals surface area contributed by atoms with Crippen LogP contribution in [0.3, 0.4) is 0 Å². The predicted molar refractivity (Wildman–Crippen MR) is 141 cm³/mol. The summed E-state index contributed by atoms with van der Waals surface area (Å²) in [7, 11) is 0. The zero-order valence-corrected chi connectivity index (χ0v) is 21.6. The fourth-order valence-corrected chi connectivity index (χ4v) is 4.14. The number of carbonyl (C=O) groups is 3. The highest BCUT2D eigenvalue weighted by Crippen LogP contribution is 2.20. The molecule has 0 aliphatic rings. The average molecular weight is 511 g/mol. The van der Waals surface area contributed by atoms with Crippen molar-refractivity contribution in [3.05, 3.63) is 58.9 Å². The normalized spacial score (nSPS) is 11.8. The van der Waals surface area contributed by atoms with Gasteiger partial charge in [-0.05, 0) is 55.7 Å². The molecule has 1 unspecified atom stereocenters. The van der Waals surface area contributed by atoms with E-state index in [9.17, 15) is 19.2 Å². The zero-order valence-electron chi connectivity index (χ0n) is 20.7. The van der Waals surface area contributed by atoms with Crippen LogP contribution >= 0.6 is 11.8 Å². The monoisotopic (exact) mass is 510 g/mol. The Morgan fingerprint density at radius 1 is 1.00 bits per heavy atom. The Balaban J connectivity index is 1.62. The van der Waals surface area contributed by atoms with Crippen LogP contribution in [-0.4, -0.2) is 39.2 Å². The van der Waals surface area contributed by atoms with Crippen molar-refractivity contribution >= 4 is 51.8 Å². The van der Waals surface area contributed by atoms with Gasteiger partial charge in [0.15, 0.2) is 11.3 Å². The molecule has 36 heavy (non-hydrogen) atoms. The molecular formula is C26H30N4O5S. The number of hydrogen-bond donors (Lipinski definition) is 2. The van der Waals surface area contributed by atoms with Gasteiger partial charge >= 0.3 is 5.97 Å². The number of nitrogens with zero attached hydrogens (tertiary/aromatic N) is 2. The molecule has 10 heteroatoms. The molecule has 2 amide bonds. The Kier molecular flexibility index (Phi) is 9.24. The first kappa shape index (κ1) is 26.9. The molecule has 0 aliphatic carbocycles. The zero-order chi connectivity index (χ0) is 26.2. The summed E-state index contributed by atoms with van der Waals surface area (Å²) in [5.41, 5.74) is 1.53. The summed E-state index contributed by atoms with van der Waals surface area (Å²) < 4.78 is 6.89. The number of ether oxygens (including phenoxy) is 1. The third-order valence-electron chi connectivity index (χ3n) is 5.23. The number of hydrogen-bond acceptors (Lipinski definition) is 7. The van der Waals surface area contributed by atoms with Crippen molar-refractivity contribution in [1.29, 1.82) is 0 Å². The van der Waals surface area contributed by atoms with Crippen LogP contribution in [0.5, 0.6) is 0 Å². The van der Waals surface area contributed by atoms with Crippen LogP contribution in [-0.2, 0) is 25.7 Å². The minimum absolute atomic E-state index is 0.102. The van der Waals surface area contributed by atoms with Gasteiger partial charge in [-0.25, -0.2) is 4.98 Å². The molecule has 3 aromatic rings. The van der Waals surface area contributed by atoms with E-state index in [2.05, 4.69) is 29.5 Å². The summed E-state index contributed by atoms with van der Waals surface area (Å²) >= 11 is 1.11. The number of fused-ring (bicyclic) bond motifs is 1. The van der Waals surface area contributed by atoms with Crippen LogP contribution in [0.4, 0.5) is 11.4 Å². The second-order valence-electron chi connectivity index (χ2n) is 8.72. The minimum Gasteiger partial charge on any atom is -0.452 e. The molecule has 0 spiro atoms. The Morgan fingerprint density at radius 2 is 1.64 bits per heavy atom. The smallest absolute Gasteiger partial charge is 0.317 e. The standard InChI is InChI=1S/C26H30N4O5S/c1-16(2)13-14-30-25(34)21-7-5-6-8-22(21)29-26(30)36-15-23(32)35-17(3)24(33)28-20-11-9-19(10-12-20)27-18(4)31/h5-12,16-17H,13-15H2,1-4H3,(H,27,31)(H,28,33). The number of para-hydroxylation sites is 1. The van der Waals surface area contributed by atoms with Gasteiger partial charge in [0.05, 0.1) is 16.7 Å². The summed E-state index contributed by atoms with van der Waals surface area (Å²) in [5.74, 6) is -0.983. The molecule has 0 saturated heterocycles. The van der Waals surface area contributed by atoms with Gasteiger partial charge in [0.1, 0.15) is 0 Å². The predicted octanol–water partition coefficient (Wildman–Crippen LogP) is 4.06. The number of esters is 1. The highest BCUT2D eigenvalue weighted by atomic mass is 32.2. The maximum Gasteiger partial charge on any atom is 0.317 e. The van der Waals surface area contributed by atoms with Crippen molar-refractivity contribution in [2.24, 2.45) is 5.92 Å². The number of carbonyl (C=O) groups excluding carboxylic acids is 3. The largest absolute Gasteiger partial charge is 0.452 e. The molecule has 0 fully saturated rings. The lowest BCUT2D eigenvalue weighted by atomic mass is 10.1. The SMILES string of the molecule is CC(=O)Nc1ccc(NC(=O)C(C)OC(=O)CSc2nc3ccccc3c(=O)n2CCC(C)C)cc1. The maximum absolute atomic E-state index is 13.0. The van der Waals surface area contributed by atoms with E-state index in [1.165, 1.54) is 13.8 Å². The minimum atomic E-state index is -1.03. The molecular weight excluding hydrogens is 480 g/mol. The molecule has 190 valence electrons. The molecule has 2 aromatic carbocycles. The van der Waals surface area contributed by atoms with Crippen molar-refractivity contribution in [2.75, 3.05) is 16.4 Å². The third kappa shape index (κ3) is 7.42. The van der Waals surface area contributed by atoms with Crippen LogP contribution in [0.15, 0.2) is 58.5 Å². The Hall–Kier alpha value is -3.66. The van der Waals surface area contributed by atoms with E-state index in [0.717, 1.165) is 18.2 Å². The highest BCUT2D eigenvalue weighted by molar-refractivity contribution is 7.99. The molecule has 9 nitrogen and oxygen atoms in total. The highest BCUT2D eigenvalue weighted by Gasteiger charge is 2.20. The van der Waals surface area contributed by atoms with Gasteiger partial charge in [0, 0.05) is 24.8 Å². The molecule has 3 rings (SSSR count). The Labute approximate surface area is 213 Å². The first-order chi connectivity index (χ1) is 17.1. The van der Waals surface area contributed by atoms with E-state index >= 15 is 0 Å². The molecule has 0 saturated carbocycles.